The van der Waals surface area contributed by atoms with E-state index in [1.165, 1.54) is 0 Å². The van der Waals surface area contributed by atoms with Crippen molar-refractivity contribution in [1.82, 2.24) is 24.7 Å². The molecule has 3 heterocycles. The van der Waals surface area contributed by atoms with Crippen LogP contribution < -0.4 is 4.90 Å². The van der Waals surface area contributed by atoms with Gasteiger partial charge in [-0.3, -0.25) is 19.5 Å². The van der Waals surface area contributed by atoms with E-state index in [1.807, 2.05) is 23.6 Å². The lowest BCUT2D eigenvalue weighted by Gasteiger charge is -2.35. The molecule has 8 heteroatoms. The largest absolute Gasteiger partial charge is 0.355 e. The number of carbonyl (C=O) groups is 2. The number of hydrogen-bond donors (Lipinski definition) is 0. The summed E-state index contributed by atoms with van der Waals surface area (Å²) in [6, 6.07) is 0. The molecule has 2 amide bonds. The third kappa shape index (κ3) is 5.65. The zero-order valence-electron chi connectivity index (χ0n) is 17.8. The Labute approximate surface area is 173 Å². The molecule has 0 spiro atoms. The third-order valence-corrected chi connectivity index (χ3v) is 6.02. The molecule has 2 saturated heterocycles. The standard InChI is InChI=1S/C21H34N6O2/c1-3-25(4-2)20(28)17-24-10-6-12-26(14-13-24)21(29)18-7-5-11-27(16-18)19-15-22-8-9-23-19/h8-9,15,18H,3-7,10-14,16-17H2,1-2H3. The van der Waals surface area contributed by atoms with Crippen LogP contribution in [0.15, 0.2) is 18.6 Å². The average molecular weight is 403 g/mol. The van der Waals surface area contributed by atoms with Crippen molar-refractivity contribution in [2.75, 3.05) is 63.8 Å². The van der Waals surface area contributed by atoms with Gasteiger partial charge in [-0.15, -0.1) is 0 Å². The lowest BCUT2D eigenvalue weighted by molar-refractivity contribution is -0.135. The van der Waals surface area contributed by atoms with Crippen molar-refractivity contribution in [3.05, 3.63) is 18.6 Å². The number of nitrogens with zero attached hydrogens (tertiary/aromatic N) is 6. The summed E-state index contributed by atoms with van der Waals surface area (Å²) in [5.41, 5.74) is 0. The van der Waals surface area contributed by atoms with Crippen LogP contribution in [-0.4, -0.2) is 95.4 Å². The van der Waals surface area contributed by atoms with Crippen molar-refractivity contribution in [3.8, 4) is 0 Å². The summed E-state index contributed by atoms with van der Waals surface area (Å²) < 4.78 is 0. The molecule has 0 aromatic carbocycles. The normalized spacial score (nSPS) is 21.0. The van der Waals surface area contributed by atoms with E-state index in [0.29, 0.717) is 19.6 Å². The fourth-order valence-corrected chi connectivity index (χ4v) is 4.32. The molecule has 160 valence electrons. The van der Waals surface area contributed by atoms with Crippen LogP contribution in [0.4, 0.5) is 5.82 Å². The lowest BCUT2D eigenvalue weighted by atomic mass is 9.96. The van der Waals surface area contributed by atoms with Crippen LogP contribution in [0.5, 0.6) is 0 Å². The first kappa shape index (κ1) is 21.5. The van der Waals surface area contributed by atoms with Gasteiger partial charge in [0.25, 0.3) is 0 Å². The van der Waals surface area contributed by atoms with Crippen LogP contribution in [-0.2, 0) is 9.59 Å². The van der Waals surface area contributed by atoms with Gasteiger partial charge in [-0.05, 0) is 33.1 Å². The minimum absolute atomic E-state index is 0.00890. The van der Waals surface area contributed by atoms with Gasteiger partial charge in [0, 0.05) is 64.8 Å². The molecule has 2 fully saturated rings. The molecule has 1 atom stereocenters. The smallest absolute Gasteiger partial charge is 0.236 e. The summed E-state index contributed by atoms with van der Waals surface area (Å²) in [5, 5.41) is 0. The van der Waals surface area contributed by atoms with Crippen molar-refractivity contribution in [1.29, 1.82) is 0 Å². The summed E-state index contributed by atoms with van der Waals surface area (Å²) in [5.74, 6) is 1.29. The summed E-state index contributed by atoms with van der Waals surface area (Å²) in [4.78, 5) is 42.4. The molecular weight excluding hydrogens is 368 g/mol. The van der Waals surface area contributed by atoms with E-state index in [2.05, 4.69) is 19.8 Å². The molecule has 1 unspecified atom stereocenters. The van der Waals surface area contributed by atoms with E-state index in [1.54, 1.807) is 18.6 Å². The summed E-state index contributed by atoms with van der Waals surface area (Å²) in [7, 11) is 0. The SMILES string of the molecule is CCN(CC)C(=O)CN1CCCN(C(=O)C2CCCN(c3cnccn3)C2)CC1. The van der Waals surface area contributed by atoms with Crippen LogP contribution in [0.3, 0.4) is 0 Å². The van der Waals surface area contributed by atoms with E-state index in [0.717, 1.165) is 64.3 Å². The maximum absolute atomic E-state index is 13.2. The van der Waals surface area contributed by atoms with Crippen molar-refractivity contribution >= 4 is 17.6 Å². The van der Waals surface area contributed by atoms with Gasteiger partial charge >= 0.3 is 0 Å². The Balaban J connectivity index is 1.53. The van der Waals surface area contributed by atoms with E-state index < -0.39 is 0 Å². The number of piperidine rings is 1. The maximum atomic E-state index is 13.2. The minimum atomic E-state index is 0.00890. The number of hydrogen-bond acceptors (Lipinski definition) is 6. The van der Waals surface area contributed by atoms with Gasteiger partial charge in [0.2, 0.25) is 11.8 Å². The van der Waals surface area contributed by atoms with Crippen molar-refractivity contribution in [3.63, 3.8) is 0 Å². The molecule has 0 saturated carbocycles. The predicted molar refractivity (Wildman–Crippen MR) is 113 cm³/mol. The summed E-state index contributed by atoms with van der Waals surface area (Å²) in [6.07, 6.45) is 7.97. The number of carbonyl (C=O) groups excluding carboxylic acids is 2. The van der Waals surface area contributed by atoms with Gasteiger partial charge < -0.3 is 14.7 Å². The van der Waals surface area contributed by atoms with Crippen LogP contribution in [0.1, 0.15) is 33.1 Å². The summed E-state index contributed by atoms with van der Waals surface area (Å²) in [6.45, 7) is 10.7. The van der Waals surface area contributed by atoms with E-state index in [-0.39, 0.29) is 17.7 Å². The van der Waals surface area contributed by atoms with Crippen molar-refractivity contribution < 1.29 is 9.59 Å². The van der Waals surface area contributed by atoms with Crippen LogP contribution in [0.25, 0.3) is 0 Å². The quantitative estimate of drug-likeness (QED) is 0.709. The molecule has 0 bridgehead atoms. The molecule has 3 rings (SSSR count). The Hall–Kier alpha value is -2.22. The van der Waals surface area contributed by atoms with Gasteiger partial charge in [0.15, 0.2) is 0 Å². The Morgan fingerprint density at radius 2 is 1.90 bits per heavy atom. The van der Waals surface area contributed by atoms with Crippen LogP contribution in [0, 0.1) is 5.92 Å². The zero-order valence-corrected chi connectivity index (χ0v) is 17.8. The first-order valence-electron chi connectivity index (χ1n) is 10.9. The van der Waals surface area contributed by atoms with Gasteiger partial charge in [0.05, 0.1) is 18.7 Å². The van der Waals surface area contributed by atoms with Gasteiger partial charge in [0.1, 0.15) is 5.82 Å². The molecule has 1 aromatic heterocycles. The first-order chi connectivity index (χ1) is 14.1. The van der Waals surface area contributed by atoms with Gasteiger partial charge in [-0.2, -0.15) is 0 Å². The number of rotatable bonds is 6. The van der Waals surface area contributed by atoms with Gasteiger partial charge in [-0.1, -0.05) is 0 Å². The van der Waals surface area contributed by atoms with E-state index in [9.17, 15) is 9.59 Å². The molecule has 8 nitrogen and oxygen atoms in total. The predicted octanol–water partition coefficient (Wildman–Crippen LogP) is 1.10. The summed E-state index contributed by atoms with van der Waals surface area (Å²) >= 11 is 0. The second-order valence-electron chi connectivity index (χ2n) is 7.87. The van der Waals surface area contributed by atoms with Crippen molar-refractivity contribution in [2.45, 2.75) is 33.1 Å². The first-order valence-corrected chi connectivity index (χ1v) is 10.9. The Morgan fingerprint density at radius 1 is 1.07 bits per heavy atom. The molecule has 2 aliphatic heterocycles. The second-order valence-corrected chi connectivity index (χ2v) is 7.87. The fourth-order valence-electron chi connectivity index (χ4n) is 4.32. The number of likely N-dealkylation sites (N-methyl/N-ethyl adjacent to an activating group) is 1. The Bertz CT molecular complexity index is 666. The number of amides is 2. The third-order valence-electron chi connectivity index (χ3n) is 6.02. The van der Waals surface area contributed by atoms with Crippen molar-refractivity contribution in [2.24, 2.45) is 5.92 Å². The minimum Gasteiger partial charge on any atom is -0.355 e. The monoisotopic (exact) mass is 402 g/mol. The van der Waals surface area contributed by atoms with E-state index in [4.69, 9.17) is 0 Å². The maximum Gasteiger partial charge on any atom is 0.236 e. The molecule has 0 radical (unpaired) electrons. The van der Waals surface area contributed by atoms with Crippen LogP contribution in [0.2, 0.25) is 0 Å². The second kappa shape index (κ2) is 10.5. The molecule has 0 N–H and O–H groups in total. The molecule has 2 aliphatic rings. The topological polar surface area (TPSA) is 72.9 Å². The lowest BCUT2D eigenvalue weighted by Crippen LogP contribution is -2.46. The molecular formula is C21H34N6O2. The highest BCUT2D eigenvalue weighted by molar-refractivity contribution is 5.80. The molecule has 1 aromatic rings. The molecule has 29 heavy (non-hydrogen) atoms. The Kier molecular flexibility index (Phi) is 7.80. The highest BCUT2D eigenvalue weighted by Gasteiger charge is 2.31. The highest BCUT2D eigenvalue weighted by atomic mass is 16.2. The Morgan fingerprint density at radius 3 is 2.62 bits per heavy atom. The average Bonchev–Trinajstić information content (AvgIpc) is 3.00. The van der Waals surface area contributed by atoms with E-state index >= 15 is 0 Å². The van der Waals surface area contributed by atoms with Gasteiger partial charge in [-0.25, -0.2) is 4.98 Å². The number of anilines is 1. The fraction of sp³-hybridized carbons (Fsp3) is 0.714. The highest BCUT2D eigenvalue weighted by Crippen LogP contribution is 2.23. The van der Waals surface area contributed by atoms with Crippen LogP contribution >= 0.6 is 0 Å². The molecule has 0 aliphatic carbocycles. The number of aromatic nitrogens is 2. The zero-order chi connectivity index (χ0) is 20.6.